The number of carboxylic acid groups (broad SMARTS) is 1. The highest BCUT2D eigenvalue weighted by molar-refractivity contribution is 6.00. The minimum Gasteiger partial charge on any atom is -0.480 e. The molecule has 0 saturated carbocycles. The Labute approximate surface area is 680 Å². The van der Waals surface area contributed by atoms with Crippen LogP contribution in [0.15, 0.2) is 25.0 Å². The molecule has 0 aromatic carbocycles. The smallest absolute Gasteiger partial charge is 0.338 e. The summed E-state index contributed by atoms with van der Waals surface area (Å²) in [5.41, 5.74) is 28.2. The molecule has 2 aromatic heterocycles. The van der Waals surface area contributed by atoms with E-state index in [2.05, 4.69) is 111 Å². The number of unbranched alkanes of at least 4 members (excludes halogenated alkanes) is 3. The van der Waals surface area contributed by atoms with Crippen molar-refractivity contribution in [2.75, 3.05) is 73.2 Å². The quantitative estimate of drug-likeness (QED) is 0.0166. The van der Waals surface area contributed by atoms with Crippen molar-refractivity contribution in [2.45, 2.75) is 221 Å². The number of rotatable bonds is 60. The van der Waals surface area contributed by atoms with Gasteiger partial charge in [-0.15, -0.1) is 0 Å². The zero-order valence-electron chi connectivity index (χ0n) is 67.7. The molecule has 664 valence electrons. The van der Waals surface area contributed by atoms with Gasteiger partial charge >= 0.3 is 11.9 Å². The Bertz CT molecular complexity index is 3570. The van der Waals surface area contributed by atoms with Crippen molar-refractivity contribution in [1.82, 2.24) is 94.4 Å². The standard InChI is InChI=1S/C70H122N26O22/c1-36(2)24-46(89-63(111)48(26-40-28-78-35-82-40)90-66(114)50(31-98)94-67(115)51(32-99)93-64(112)47(25-39-27-77-34-81-39)88-56(104)37(3)83-57(105)41(73)14-13-22-79-70(75)76)62(110)86-44(17-9-12-23-96(5)6)60(108)91-49(30-97)65(113)87-43(16-8-11-21-72)59(107)85-42(15-7-10-20-71)58(106)80-29-54(103)84-45(18-19-53(74)102)61(109)92-52(33-100)68(116)95-55(38(4)101)69(117)118/h27-28,34-38,41-52,55,97-101H,7-26,29-33,71-73H2,1-6H3,(H2,74,102)(H,77,81)(H,78,82)(H,80,106)(H,83,105)(H,84,103)(H,85,107)(H,86,110)(H,87,113)(H,88,104)(H,89,111)(H,90,114)(H,91,108)(H,92,109)(H,93,112)(H,94,115)(H,95,116)(H,117,118)(H4,75,76,79)/p+5/t37-,38+,41-,42-,43-,44-,45-,46-,47-,48-,49-,50-,51-,52-,55-/m0/s1. The fourth-order valence-electron chi connectivity index (χ4n) is 11.4. The molecule has 0 fully saturated rings. The van der Waals surface area contributed by atoms with Crippen molar-refractivity contribution >= 4 is 101 Å². The third-order valence-corrected chi connectivity index (χ3v) is 18.1. The van der Waals surface area contributed by atoms with E-state index >= 15 is 0 Å². The van der Waals surface area contributed by atoms with Gasteiger partial charge in [0, 0.05) is 49.5 Å². The first-order chi connectivity index (χ1) is 55.8. The molecule has 0 unspecified atom stereocenters. The zero-order valence-corrected chi connectivity index (χ0v) is 67.7. The number of nitrogens with two attached hydrogens (primary N) is 3. The van der Waals surface area contributed by atoms with E-state index in [1.165, 1.54) is 32.0 Å². The second kappa shape index (κ2) is 55.5. The van der Waals surface area contributed by atoms with Crippen LogP contribution in [0.4, 0.5) is 0 Å². The molecule has 15 amide bonds. The number of H-pyrrole nitrogens is 2. The van der Waals surface area contributed by atoms with Crippen LogP contribution in [-0.4, -0.2) is 315 Å². The van der Waals surface area contributed by atoms with Crippen molar-refractivity contribution in [3.63, 3.8) is 0 Å². The monoisotopic (exact) mass is 1680 g/mol. The molecule has 2 rings (SSSR count). The summed E-state index contributed by atoms with van der Waals surface area (Å²) in [6.07, 6.45) is 4.82. The Balaban J connectivity index is 2.42. The Kier molecular flexibility index (Phi) is 48.4. The number of aliphatic carboxylic acids is 1. The van der Waals surface area contributed by atoms with Crippen LogP contribution in [0.5, 0.6) is 0 Å². The van der Waals surface area contributed by atoms with Crippen LogP contribution in [0.3, 0.4) is 0 Å². The van der Waals surface area contributed by atoms with Gasteiger partial charge in [-0.3, -0.25) is 88.4 Å². The largest absolute Gasteiger partial charge is 0.480 e. The summed E-state index contributed by atoms with van der Waals surface area (Å²) in [5, 5.41) is 94.5. The summed E-state index contributed by atoms with van der Waals surface area (Å²) >= 11 is 0. The highest BCUT2D eigenvalue weighted by Gasteiger charge is 2.38. The van der Waals surface area contributed by atoms with Gasteiger partial charge in [0.1, 0.15) is 72.5 Å². The predicted octanol–water partition coefficient (Wildman–Crippen LogP) is -18.0. The lowest BCUT2D eigenvalue weighted by molar-refractivity contribution is -0.858. The molecule has 0 radical (unpaired) electrons. The van der Waals surface area contributed by atoms with E-state index in [9.17, 15) is 107 Å². The van der Waals surface area contributed by atoms with Crippen molar-refractivity contribution in [3.8, 4) is 0 Å². The fourth-order valence-corrected chi connectivity index (χ4v) is 11.4. The van der Waals surface area contributed by atoms with Crippen molar-refractivity contribution in [2.24, 2.45) is 23.1 Å². The number of carboxylic acids is 1. The van der Waals surface area contributed by atoms with Gasteiger partial charge in [-0.1, -0.05) is 13.8 Å². The molecule has 15 atom stereocenters. The van der Waals surface area contributed by atoms with Crippen LogP contribution >= 0.6 is 0 Å². The van der Waals surface area contributed by atoms with Gasteiger partial charge < -0.3 is 143 Å². The normalized spacial score (nSPS) is 15.0. The van der Waals surface area contributed by atoms with Crippen LogP contribution in [-0.2, 0) is 89.6 Å². The molecule has 2 heterocycles. The molecule has 0 saturated heterocycles. The first kappa shape index (κ1) is 103. The lowest BCUT2D eigenvalue weighted by atomic mass is 10.0. The van der Waals surface area contributed by atoms with E-state index in [1.54, 1.807) is 13.8 Å². The molecule has 39 N–H and O–H groups in total. The lowest BCUT2D eigenvalue weighted by Crippen LogP contribution is -3.05. The number of hydrogen-bond acceptors (Lipinski definition) is 23. The number of aliphatic hydroxyl groups is 5. The number of aromatic amines is 2. The molecule has 0 aliphatic carbocycles. The SMILES string of the molecule is CC(C)C[C@H](NC(=O)[C@H](Cc1cnc[nH]1)NC(=O)[C@H](CO)NC(=O)[C@H](CO)NC(=O)[C@H](Cc1cnc[nH]1)NC(=O)[C@H](C)NC(=O)[C@@H]([NH3+])CCC[NH+]=C(N)N)C(=O)N[C@@H](CCCC[NH+](C)C)C(=O)N[C@@H](CO)C(=O)N[C@@H](CCCC[NH3+])C(=O)N[C@@H](CCCC[NH3+])C(=O)NCC(=O)N[C@@H](CCC(N)=O)C(=O)N[C@@H](CO)C(=O)N[C@H](C(=O)O)[C@@H](C)O. The van der Waals surface area contributed by atoms with Crippen LogP contribution in [0.2, 0.25) is 0 Å². The molecule has 118 heavy (non-hydrogen) atoms. The number of carbonyl (C=O) groups excluding carboxylic acids is 15. The first-order valence-electron chi connectivity index (χ1n) is 38.9. The number of carbonyl (C=O) groups is 16. The number of nitrogens with zero attached hydrogens (tertiary/aromatic N) is 2. The minimum absolute atomic E-state index is 0.00585. The van der Waals surface area contributed by atoms with E-state index in [0.717, 1.165) is 11.8 Å². The molecule has 0 aliphatic heterocycles. The molecular weight excluding hydrogens is 1560 g/mol. The summed E-state index contributed by atoms with van der Waals surface area (Å²) in [4.78, 5) is 235. The minimum atomic E-state index is -1.89. The number of nitrogens with one attached hydrogen (secondary N) is 18. The number of imidazole rings is 2. The summed E-state index contributed by atoms with van der Waals surface area (Å²) in [6, 6.07) is -21.8. The number of amides is 15. The molecule has 0 bridgehead atoms. The van der Waals surface area contributed by atoms with Crippen molar-refractivity contribution in [3.05, 3.63) is 36.4 Å². The predicted molar refractivity (Wildman–Crippen MR) is 414 cm³/mol. The maximum absolute atomic E-state index is 14.7. The maximum Gasteiger partial charge on any atom is 0.338 e. The molecule has 48 nitrogen and oxygen atoms in total. The maximum atomic E-state index is 14.7. The number of guanidine groups is 1. The Morgan fingerprint density at radius 2 is 0.831 bits per heavy atom. The lowest BCUT2D eigenvalue weighted by Gasteiger charge is -2.28. The molecule has 48 heteroatoms. The number of quaternary nitrogens is 4. The van der Waals surface area contributed by atoms with Crippen LogP contribution in [0, 0.1) is 5.92 Å². The van der Waals surface area contributed by atoms with Gasteiger partial charge in [0.05, 0.1) is 92.0 Å². The average molecular weight is 1680 g/mol. The second-order valence-electron chi connectivity index (χ2n) is 29.0. The second-order valence-corrected chi connectivity index (χ2v) is 29.0. The first-order valence-corrected chi connectivity index (χ1v) is 38.9. The van der Waals surface area contributed by atoms with Gasteiger partial charge in [-0.2, -0.15) is 0 Å². The van der Waals surface area contributed by atoms with E-state index in [0.29, 0.717) is 70.4 Å². The van der Waals surface area contributed by atoms with Gasteiger partial charge in [0.25, 0.3) is 5.91 Å². The third kappa shape index (κ3) is 39.7. The van der Waals surface area contributed by atoms with E-state index in [1.807, 2.05) is 19.4 Å². The summed E-state index contributed by atoms with van der Waals surface area (Å²) in [6.45, 7) is 2.39. The highest BCUT2D eigenvalue weighted by atomic mass is 16.4. The number of aliphatic hydroxyl groups excluding tert-OH is 5. The van der Waals surface area contributed by atoms with E-state index < -0.39 is 231 Å². The molecule has 0 spiro atoms. The molecular formula is C70H127N26O22+5. The zero-order chi connectivity index (χ0) is 88.7. The Morgan fingerprint density at radius 3 is 1.21 bits per heavy atom. The van der Waals surface area contributed by atoms with Crippen LogP contribution < -0.4 is 119 Å². The number of aromatic nitrogens is 4. The van der Waals surface area contributed by atoms with Gasteiger partial charge in [0.2, 0.25) is 82.7 Å². The van der Waals surface area contributed by atoms with E-state index in [4.69, 9.17) is 17.2 Å². The van der Waals surface area contributed by atoms with Gasteiger partial charge in [-0.25, -0.2) is 14.8 Å². The number of hydrogen-bond donors (Lipinski definition) is 30. The van der Waals surface area contributed by atoms with Crippen LogP contribution in [0.1, 0.15) is 129 Å². The number of primary amides is 1. The van der Waals surface area contributed by atoms with Gasteiger partial charge in [0.15, 0.2) is 12.1 Å². The summed E-state index contributed by atoms with van der Waals surface area (Å²) in [5.74, 6) is -17.1. The van der Waals surface area contributed by atoms with Crippen molar-refractivity contribution < 1.29 is 134 Å². The fraction of sp³-hybridized carbons (Fsp3) is 0.671. The van der Waals surface area contributed by atoms with E-state index in [-0.39, 0.29) is 68.9 Å². The van der Waals surface area contributed by atoms with Crippen LogP contribution in [0.25, 0.3) is 0 Å². The third-order valence-electron chi connectivity index (χ3n) is 18.1. The van der Waals surface area contributed by atoms with Crippen molar-refractivity contribution in [1.29, 1.82) is 0 Å². The summed E-state index contributed by atoms with van der Waals surface area (Å²) in [7, 11) is 3.78. The molecule has 2 aromatic rings. The average Bonchev–Trinajstić information content (AvgIpc) is 1.08. The Morgan fingerprint density at radius 1 is 0.458 bits per heavy atom. The summed E-state index contributed by atoms with van der Waals surface area (Å²) < 4.78 is 0. The van der Waals surface area contributed by atoms with Gasteiger partial charge in [-0.05, 0) is 96.8 Å². The topological polar surface area (TPSA) is 800 Å². The highest BCUT2D eigenvalue weighted by Crippen LogP contribution is 2.13. The Hall–Kier alpha value is -11.1. The molecule has 0 aliphatic rings.